The molecule has 2 amide bonds. The Balaban J connectivity index is 1.20. The molecule has 0 spiro atoms. The van der Waals surface area contributed by atoms with Crippen molar-refractivity contribution in [3.63, 3.8) is 0 Å². The van der Waals surface area contributed by atoms with Crippen LogP contribution >= 0.6 is 0 Å². The molecule has 3 aromatic carbocycles. The van der Waals surface area contributed by atoms with Gasteiger partial charge in [-0.3, -0.25) is 9.59 Å². The molecule has 3 N–H and O–H groups in total. The summed E-state index contributed by atoms with van der Waals surface area (Å²) in [7, 11) is 4.01. The number of hydrogen-bond donors (Lipinski definition) is 2. The number of nitrogens with two attached hydrogens (primary N) is 1. The fourth-order valence-electron chi connectivity index (χ4n) is 4.95. The average Bonchev–Trinajstić information content (AvgIpc) is 2.99. The number of aryl methyl sites for hydroxylation is 1. The van der Waals surface area contributed by atoms with Gasteiger partial charge in [-0.25, -0.2) is 9.37 Å². The molecule has 0 aliphatic carbocycles. The number of likely N-dealkylation sites (tertiary alicyclic amines) is 1. The molecule has 1 aliphatic rings. The zero-order valence-electron chi connectivity index (χ0n) is 23.9. The van der Waals surface area contributed by atoms with E-state index in [4.69, 9.17) is 10.5 Å². The maximum atomic E-state index is 14.2. The van der Waals surface area contributed by atoms with Crippen LogP contribution in [0, 0.1) is 12.7 Å². The number of piperidine rings is 1. The Morgan fingerprint density at radius 1 is 0.952 bits per heavy atom. The van der Waals surface area contributed by atoms with Crippen LogP contribution in [-0.2, 0) is 0 Å². The fourth-order valence-corrected chi connectivity index (χ4v) is 4.95. The largest absolute Gasteiger partial charge is 0.474 e. The van der Waals surface area contributed by atoms with Crippen molar-refractivity contribution >= 4 is 28.9 Å². The smallest absolute Gasteiger partial charge is 0.257 e. The van der Waals surface area contributed by atoms with Gasteiger partial charge in [0.2, 0.25) is 5.88 Å². The lowest BCUT2D eigenvalue weighted by atomic mass is 10.0. The third kappa shape index (κ3) is 6.52. The minimum atomic E-state index is -0.562. The molecule has 5 rings (SSSR count). The number of carbonyl (C=O) groups is 2. The first-order valence-electron chi connectivity index (χ1n) is 13.8. The highest BCUT2D eigenvalue weighted by atomic mass is 19.1. The molecule has 1 saturated heterocycles. The molecule has 42 heavy (non-hydrogen) atoms. The van der Waals surface area contributed by atoms with Crippen molar-refractivity contribution in [3.8, 4) is 17.0 Å². The molecule has 4 aromatic rings. The number of benzene rings is 3. The first kappa shape index (κ1) is 28.6. The zero-order chi connectivity index (χ0) is 29.8. The highest BCUT2D eigenvalue weighted by molar-refractivity contribution is 6.11. The highest BCUT2D eigenvalue weighted by Gasteiger charge is 2.27. The van der Waals surface area contributed by atoms with Crippen LogP contribution < -0.4 is 20.7 Å². The molecule has 0 saturated carbocycles. The summed E-state index contributed by atoms with van der Waals surface area (Å²) < 4.78 is 20.3. The van der Waals surface area contributed by atoms with Gasteiger partial charge in [0.05, 0.1) is 16.8 Å². The van der Waals surface area contributed by atoms with E-state index in [1.54, 1.807) is 23.2 Å². The maximum Gasteiger partial charge on any atom is 0.257 e. The molecular formula is C33H34FN5O3. The third-order valence-corrected chi connectivity index (χ3v) is 7.38. The number of carbonyl (C=O) groups excluding carboxylic acids is 2. The number of ether oxygens (including phenoxy) is 1. The number of amides is 2. The van der Waals surface area contributed by atoms with E-state index in [1.165, 1.54) is 12.1 Å². The number of nitrogens with zero attached hydrogens (tertiary/aromatic N) is 3. The van der Waals surface area contributed by atoms with Gasteiger partial charge in [-0.2, -0.15) is 0 Å². The fraction of sp³-hybridized carbons (Fsp3) is 0.242. The van der Waals surface area contributed by atoms with Crippen LogP contribution in [0.15, 0.2) is 79.0 Å². The molecular weight excluding hydrogens is 533 g/mol. The minimum Gasteiger partial charge on any atom is -0.474 e. The van der Waals surface area contributed by atoms with Crippen LogP contribution in [0.5, 0.6) is 5.88 Å². The van der Waals surface area contributed by atoms with Gasteiger partial charge in [-0.15, -0.1) is 0 Å². The van der Waals surface area contributed by atoms with E-state index in [1.807, 2.05) is 39.2 Å². The Labute approximate surface area is 244 Å². The Kier molecular flexibility index (Phi) is 8.38. The number of pyridine rings is 1. The number of rotatable bonds is 7. The summed E-state index contributed by atoms with van der Waals surface area (Å²) in [6, 6.07) is 21.0. The van der Waals surface area contributed by atoms with E-state index in [-0.39, 0.29) is 23.3 Å². The molecule has 0 bridgehead atoms. The summed E-state index contributed by atoms with van der Waals surface area (Å²) in [5.41, 5.74) is 11.0. The standard InChI is InChI=1S/C33H34FN5O3/c1-21-4-11-29(35)27(18-21)32(40)37-30-12-8-24(34)19-28(30)33(41)39-16-14-26(15-17-39)42-31-13-7-23(20-36-31)22-5-9-25(10-6-22)38(2)3/h4-13,18-20,26H,14-17,35H2,1-3H3,(H,37,40). The number of halogens is 1. The first-order chi connectivity index (χ1) is 20.2. The van der Waals surface area contributed by atoms with Gasteiger partial charge in [-0.05, 0) is 61.0 Å². The number of nitrogens with one attached hydrogen (secondary N) is 1. The van der Waals surface area contributed by atoms with Gasteiger partial charge in [0.15, 0.2) is 0 Å². The van der Waals surface area contributed by atoms with Crippen LogP contribution in [0.1, 0.15) is 39.1 Å². The summed E-state index contributed by atoms with van der Waals surface area (Å²) >= 11 is 0. The Morgan fingerprint density at radius 3 is 2.33 bits per heavy atom. The van der Waals surface area contributed by atoms with Crippen LogP contribution in [0.3, 0.4) is 0 Å². The van der Waals surface area contributed by atoms with Crippen molar-refractivity contribution in [2.24, 2.45) is 0 Å². The molecule has 1 fully saturated rings. The van der Waals surface area contributed by atoms with Crippen molar-refractivity contribution in [3.05, 3.63) is 102 Å². The molecule has 1 aromatic heterocycles. The maximum absolute atomic E-state index is 14.2. The van der Waals surface area contributed by atoms with Crippen LogP contribution in [0.25, 0.3) is 11.1 Å². The van der Waals surface area contributed by atoms with Crippen LogP contribution in [-0.4, -0.2) is 55.0 Å². The lowest BCUT2D eigenvalue weighted by Crippen LogP contribution is -2.42. The SMILES string of the molecule is Cc1ccc(N)c(C(=O)Nc2ccc(F)cc2C(=O)N2CCC(Oc3ccc(-c4ccc(N(C)C)cc4)cn3)CC2)c1. The second kappa shape index (κ2) is 12.3. The molecule has 8 nitrogen and oxygen atoms in total. The van der Waals surface area contributed by atoms with Gasteiger partial charge in [0.1, 0.15) is 11.9 Å². The summed E-state index contributed by atoms with van der Waals surface area (Å²) in [5, 5.41) is 2.74. The van der Waals surface area contributed by atoms with Crippen molar-refractivity contribution < 1.29 is 18.7 Å². The van der Waals surface area contributed by atoms with E-state index >= 15 is 0 Å². The number of nitrogen functional groups attached to an aromatic ring is 1. The Hall–Kier alpha value is -4.92. The molecule has 9 heteroatoms. The lowest BCUT2D eigenvalue weighted by molar-refractivity contribution is 0.0588. The molecule has 216 valence electrons. The second-order valence-electron chi connectivity index (χ2n) is 10.7. The van der Waals surface area contributed by atoms with Crippen LogP contribution in [0.2, 0.25) is 0 Å². The summed E-state index contributed by atoms with van der Waals surface area (Å²) in [5.74, 6) is -0.858. The van der Waals surface area contributed by atoms with E-state index in [9.17, 15) is 14.0 Å². The highest BCUT2D eigenvalue weighted by Crippen LogP contribution is 2.26. The second-order valence-corrected chi connectivity index (χ2v) is 10.7. The quantitative estimate of drug-likeness (QED) is 0.275. The van der Waals surface area contributed by atoms with Gasteiger partial charge in [0.25, 0.3) is 11.8 Å². The molecule has 2 heterocycles. The zero-order valence-corrected chi connectivity index (χ0v) is 23.9. The third-order valence-electron chi connectivity index (χ3n) is 7.38. The summed E-state index contributed by atoms with van der Waals surface area (Å²) in [6.45, 7) is 2.70. The van der Waals surface area contributed by atoms with E-state index in [0.29, 0.717) is 43.1 Å². The predicted octanol–water partition coefficient (Wildman–Crippen LogP) is 5.78. The van der Waals surface area contributed by atoms with E-state index in [2.05, 4.69) is 39.5 Å². The monoisotopic (exact) mass is 567 g/mol. The summed E-state index contributed by atoms with van der Waals surface area (Å²) in [6.07, 6.45) is 2.88. The van der Waals surface area contributed by atoms with Crippen LogP contribution in [0.4, 0.5) is 21.5 Å². The van der Waals surface area contributed by atoms with E-state index < -0.39 is 11.7 Å². The molecule has 0 unspecified atom stereocenters. The lowest BCUT2D eigenvalue weighted by Gasteiger charge is -2.32. The number of anilines is 3. The first-order valence-corrected chi connectivity index (χ1v) is 13.8. The summed E-state index contributed by atoms with van der Waals surface area (Å²) in [4.78, 5) is 34.6. The topological polar surface area (TPSA) is 101 Å². The number of hydrogen-bond acceptors (Lipinski definition) is 6. The van der Waals surface area contributed by atoms with Crippen molar-refractivity contribution in [2.45, 2.75) is 25.9 Å². The average molecular weight is 568 g/mol. The Morgan fingerprint density at radius 2 is 1.67 bits per heavy atom. The van der Waals surface area contributed by atoms with Gasteiger partial charge < -0.3 is 25.6 Å². The van der Waals surface area contributed by atoms with Gasteiger partial charge in [0, 0.05) is 69.2 Å². The normalized spacial score (nSPS) is 13.5. The van der Waals surface area contributed by atoms with Crippen molar-refractivity contribution in [1.29, 1.82) is 0 Å². The minimum absolute atomic E-state index is 0.0878. The Bertz CT molecular complexity index is 1580. The molecule has 0 radical (unpaired) electrons. The van der Waals surface area contributed by atoms with Crippen molar-refractivity contribution in [2.75, 3.05) is 43.1 Å². The van der Waals surface area contributed by atoms with Gasteiger partial charge in [-0.1, -0.05) is 23.8 Å². The van der Waals surface area contributed by atoms with Crippen molar-refractivity contribution in [1.82, 2.24) is 9.88 Å². The molecule has 0 atom stereocenters. The predicted molar refractivity (Wildman–Crippen MR) is 163 cm³/mol. The van der Waals surface area contributed by atoms with Gasteiger partial charge >= 0.3 is 0 Å². The molecule has 1 aliphatic heterocycles. The number of aromatic nitrogens is 1. The van der Waals surface area contributed by atoms with E-state index in [0.717, 1.165) is 28.4 Å².